The molecule has 1 N–H and O–H groups in total. The zero-order valence-corrected chi connectivity index (χ0v) is 17.9. The first-order valence-corrected chi connectivity index (χ1v) is 10.8. The van der Waals surface area contributed by atoms with Crippen molar-refractivity contribution in [3.8, 4) is 0 Å². The second-order valence-electron chi connectivity index (χ2n) is 8.36. The first-order valence-electron chi connectivity index (χ1n) is 10.8. The third-order valence-electron chi connectivity index (χ3n) is 6.27. The van der Waals surface area contributed by atoms with Gasteiger partial charge in [-0.25, -0.2) is 8.78 Å². The van der Waals surface area contributed by atoms with E-state index >= 15 is 0 Å². The lowest BCUT2D eigenvalue weighted by Gasteiger charge is -2.32. The average Bonchev–Trinajstić information content (AvgIpc) is 3.11. The first-order chi connectivity index (χ1) is 15.0. The Morgan fingerprint density at radius 1 is 1.26 bits per heavy atom. The average molecular weight is 430 g/mol. The molecule has 1 atom stereocenters. The predicted molar refractivity (Wildman–Crippen MR) is 115 cm³/mol. The van der Waals surface area contributed by atoms with Crippen molar-refractivity contribution in [1.82, 2.24) is 24.9 Å². The number of nitrogens with zero attached hydrogens (tertiary/aromatic N) is 4. The summed E-state index contributed by atoms with van der Waals surface area (Å²) < 4.78 is 29.8. The fourth-order valence-electron chi connectivity index (χ4n) is 4.41. The monoisotopic (exact) mass is 429 g/mol. The number of rotatable bonds is 6. The van der Waals surface area contributed by atoms with E-state index in [2.05, 4.69) is 28.9 Å². The normalized spacial score (nSPS) is 19.3. The first kappa shape index (κ1) is 21.6. The second kappa shape index (κ2) is 9.28. The third kappa shape index (κ3) is 4.55. The molecule has 0 saturated carbocycles. The second-order valence-corrected chi connectivity index (χ2v) is 8.36. The molecule has 2 aliphatic rings. The SMILES string of the molecule is C=CCn1nc(C(=O)N2CCN(C)CC2)c2c1CCC(NCc1c(F)cccc1F)C2. The Morgan fingerprint density at radius 2 is 1.97 bits per heavy atom. The number of halogens is 2. The highest BCUT2D eigenvalue weighted by molar-refractivity contribution is 5.94. The maximum absolute atomic E-state index is 14.0. The van der Waals surface area contributed by atoms with Gasteiger partial charge in [-0.15, -0.1) is 6.58 Å². The van der Waals surface area contributed by atoms with Crippen LogP contribution in [0.2, 0.25) is 0 Å². The molecule has 1 aliphatic heterocycles. The van der Waals surface area contributed by atoms with E-state index in [4.69, 9.17) is 0 Å². The Balaban J connectivity index is 1.52. The van der Waals surface area contributed by atoms with Crippen LogP contribution in [0.4, 0.5) is 8.78 Å². The number of likely N-dealkylation sites (N-methyl/N-ethyl adjacent to an activating group) is 1. The van der Waals surface area contributed by atoms with E-state index in [1.165, 1.54) is 18.2 Å². The zero-order valence-electron chi connectivity index (χ0n) is 17.9. The van der Waals surface area contributed by atoms with Crippen molar-refractivity contribution in [1.29, 1.82) is 0 Å². The van der Waals surface area contributed by atoms with Crippen LogP contribution in [0, 0.1) is 11.6 Å². The molecule has 31 heavy (non-hydrogen) atoms. The Kier molecular flexibility index (Phi) is 6.48. The molecule has 0 bridgehead atoms. The molecule has 6 nitrogen and oxygen atoms in total. The van der Waals surface area contributed by atoms with Crippen molar-refractivity contribution in [3.05, 3.63) is 65.0 Å². The lowest BCUT2D eigenvalue weighted by molar-refractivity contribution is 0.0656. The number of amides is 1. The summed E-state index contributed by atoms with van der Waals surface area (Å²) in [7, 11) is 2.05. The Morgan fingerprint density at radius 3 is 2.65 bits per heavy atom. The van der Waals surface area contributed by atoms with Gasteiger partial charge in [-0.1, -0.05) is 12.1 Å². The number of benzene rings is 1. The van der Waals surface area contributed by atoms with Gasteiger partial charge in [0.15, 0.2) is 5.69 Å². The van der Waals surface area contributed by atoms with Gasteiger partial charge in [-0.3, -0.25) is 9.48 Å². The molecule has 1 aliphatic carbocycles. The molecule has 1 saturated heterocycles. The van der Waals surface area contributed by atoms with E-state index in [-0.39, 0.29) is 24.1 Å². The van der Waals surface area contributed by atoms with Crippen LogP contribution in [-0.2, 0) is 25.9 Å². The van der Waals surface area contributed by atoms with Crippen molar-refractivity contribution < 1.29 is 13.6 Å². The summed E-state index contributed by atoms with van der Waals surface area (Å²) in [5.41, 5.74) is 2.56. The fraction of sp³-hybridized carbons (Fsp3) is 0.478. The highest BCUT2D eigenvalue weighted by atomic mass is 19.1. The van der Waals surface area contributed by atoms with Crippen LogP contribution in [0.25, 0.3) is 0 Å². The lowest BCUT2D eigenvalue weighted by atomic mass is 9.90. The van der Waals surface area contributed by atoms with Crippen LogP contribution in [0.5, 0.6) is 0 Å². The van der Waals surface area contributed by atoms with Crippen molar-refractivity contribution in [2.24, 2.45) is 0 Å². The summed E-state index contributed by atoms with van der Waals surface area (Å²) >= 11 is 0. The maximum atomic E-state index is 14.0. The molecule has 1 fully saturated rings. The topological polar surface area (TPSA) is 53.4 Å². The summed E-state index contributed by atoms with van der Waals surface area (Å²) in [5.74, 6) is -1.13. The predicted octanol–water partition coefficient (Wildman–Crippen LogP) is 2.38. The molecular formula is C23H29F2N5O. The van der Waals surface area contributed by atoms with E-state index in [0.29, 0.717) is 31.7 Å². The summed E-state index contributed by atoms with van der Waals surface area (Å²) in [4.78, 5) is 17.3. The molecule has 8 heteroatoms. The van der Waals surface area contributed by atoms with Crippen molar-refractivity contribution in [3.63, 3.8) is 0 Å². The number of carbonyl (C=O) groups excluding carboxylic acids is 1. The highest BCUT2D eigenvalue weighted by Gasteiger charge is 2.32. The minimum absolute atomic E-state index is 0.0203. The van der Waals surface area contributed by atoms with Crippen LogP contribution in [0.3, 0.4) is 0 Å². The lowest BCUT2D eigenvalue weighted by Crippen LogP contribution is -2.47. The number of piperazine rings is 1. The molecular weight excluding hydrogens is 400 g/mol. The number of allylic oxidation sites excluding steroid dienone is 1. The van der Waals surface area contributed by atoms with Crippen molar-refractivity contribution in [2.75, 3.05) is 33.2 Å². The number of hydrogen-bond donors (Lipinski definition) is 1. The molecule has 1 aromatic carbocycles. The van der Waals surface area contributed by atoms with Gasteiger partial charge < -0.3 is 15.1 Å². The molecule has 0 spiro atoms. The molecule has 166 valence electrons. The zero-order chi connectivity index (χ0) is 22.0. The van der Waals surface area contributed by atoms with Gasteiger partial charge in [0.2, 0.25) is 0 Å². The van der Waals surface area contributed by atoms with Crippen LogP contribution >= 0.6 is 0 Å². The number of aromatic nitrogens is 2. The molecule has 2 aromatic rings. The molecule has 1 unspecified atom stereocenters. The highest BCUT2D eigenvalue weighted by Crippen LogP contribution is 2.27. The van der Waals surface area contributed by atoms with E-state index in [1.54, 1.807) is 6.08 Å². The minimum atomic E-state index is -0.547. The van der Waals surface area contributed by atoms with E-state index in [0.717, 1.165) is 37.2 Å². The quantitative estimate of drug-likeness (QED) is 0.717. The number of carbonyl (C=O) groups is 1. The number of hydrogen-bond acceptors (Lipinski definition) is 4. The maximum Gasteiger partial charge on any atom is 0.274 e. The van der Waals surface area contributed by atoms with Gasteiger partial charge in [0.1, 0.15) is 11.6 Å². The van der Waals surface area contributed by atoms with Crippen molar-refractivity contribution >= 4 is 5.91 Å². The molecule has 1 aromatic heterocycles. The van der Waals surface area contributed by atoms with Crippen LogP contribution in [-0.4, -0.2) is 64.8 Å². The number of fused-ring (bicyclic) bond motifs is 1. The van der Waals surface area contributed by atoms with E-state index < -0.39 is 11.6 Å². The van der Waals surface area contributed by atoms with E-state index in [9.17, 15) is 13.6 Å². The minimum Gasteiger partial charge on any atom is -0.335 e. The number of nitrogens with one attached hydrogen (secondary N) is 1. The molecule has 4 rings (SSSR count). The van der Waals surface area contributed by atoms with Crippen LogP contribution in [0.15, 0.2) is 30.9 Å². The Bertz CT molecular complexity index is 945. The molecule has 0 radical (unpaired) electrons. The van der Waals surface area contributed by atoms with Gasteiger partial charge in [-0.05, 0) is 38.4 Å². The van der Waals surface area contributed by atoms with E-state index in [1.807, 2.05) is 9.58 Å². The van der Waals surface area contributed by atoms with Gasteiger partial charge in [0.05, 0.1) is 6.54 Å². The van der Waals surface area contributed by atoms with Gasteiger partial charge in [0, 0.05) is 55.6 Å². The Labute approximate surface area is 181 Å². The summed E-state index contributed by atoms with van der Waals surface area (Å²) in [5, 5.41) is 7.93. The Hall–Kier alpha value is -2.58. The van der Waals surface area contributed by atoms with Crippen molar-refractivity contribution in [2.45, 2.75) is 38.4 Å². The third-order valence-corrected chi connectivity index (χ3v) is 6.27. The molecule has 1 amide bonds. The smallest absolute Gasteiger partial charge is 0.274 e. The fourth-order valence-corrected chi connectivity index (χ4v) is 4.41. The van der Waals surface area contributed by atoms with Gasteiger partial charge >= 0.3 is 0 Å². The van der Waals surface area contributed by atoms with Crippen LogP contribution < -0.4 is 5.32 Å². The summed E-state index contributed by atoms with van der Waals surface area (Å²) in [6.07, 6.45) is 3.96. The molecule has 2 heterocycles. The summed E-state index contributed by atoms with van der Waals surface area (Å²) in [6, 6.07) is 3.92. The summed E-state index contributed by atoms with van der Waals surface area (Å²) in [6.45, 7) is 7.54. The van der Waals surface area contributed by atoms with Crippen LogP contribution in [0.1, 0.15) is 33.7 Å². The largest absolute Gasteiger partial charge is 0.335 e. The standard InChI is InChI=1S/C23H29F2N5O/c1-3-9-30-21-8-7-16(26-15-18-19(24)5-4-6-20(18)25)14-17(21)22(27-30)23(31)29-12-10-28(2)11-13-29/h3-6,16,26H,1,7-15H2,2H3. The van der Waals surface area contributed by atoms with Gasteiger partial charge in [0.25, 0.3) is 5.91 Å². The van der Waals surface area contributed by atoms with Gasteiger partial charge in [-0.2, -0.15) is 5.10 Å².